The molecule has 0 aromatic heterocycles. The van der Waals surface area contributed by atoms with E-state index >= 15 is 0 Å². The molecule has 0 saturated carbocycles. The molecule has 0 aliphatic rings. The first-order valence-corrected chi connectivity index (χ1v) is 13.3. The van der Waals surface area contributed by atoms with Gasteiger partial charge < -0.3 is 0 Å². The van der Waals surface area contributed by atoms with Crippen molar-refractivity contribution < 1.29 is 0 Å². The summed E-state index contributed by atoms with van der Waals surface area (Å²) in [6.45, 7) is 0. The average molecular weight is 479 g/mol. The van der Waals surface area contributed by atoms with Gasteiger partial charge in [0.15, 0.2) is 0 Å². The van der Waals surface area contributed by atoms with Crippen LogP contribution in [0.2, 0.25) is 0 Å². The summed E-state index contributed by atoms with van der Waals surface area (Å²) in [4.78, 5) is 0. The molecule has 9 aromatic rings. The van der Waals surface area contributed by atoms with E-state index < -0.39 is 0 Å². The fourth-order valence-electron chi connectivity index (χ4n) is 6.86. The highest BCUT2D eigenvalue weighted by Crippen LogP contribution is 2.43. The van der Waals surface area contributed by atoms with Gasteiger partial charge in [-0.25, -0.2) is 0 Å². The molecule has 174 valence electrons. The van der Waals surface area contributed by atoms with Crippen LogP contribution >= 0.6 is 0 Å². The molecule has 9 aromatic carbocycles. The van der Waals surface area contributed by atoms with E-state index in [2.05, 4.69) is 133 Å². The van der Waals surface area contributed by atoms with E-state index in [4.69, 9.17) is 0 Å². The molecule has 0 saturated heterocycles. The van der Waals surface area contributed by atoms with Gasteiger partial charge in [-0.05, 0) is 105 Å². The zero-order chi connectivity index (χ0) is 24.8. The van der Waals surface area contributed by atoms with E-state index in [0.717, 1.165) is 0 Å². The molecule has 0 aliphatic carbocycles. The van der Waals surface area contributed by atoms with Gasteiger partial charge in [0.1, 0.15) is 0 Å². The molecule has 0 heteroatoms. The van der Waals surface area contributed by atoms with Crippen LogP contribution in [-0.2, 0) is 0 Å². The lowest BCUT2D eigenvalue weighted by atomic mass is 9.86. The summed E-state index contributed by atoms with van der Waals surface area (Å²) in [5, 5.41) is 15.9. The van der Waals surface area contributed by atoms with Gasteiger partial charge in [-0.1, -0.05) is 115 Å². The first-order chi connectivity index (χ1) is 18.8. The molecule has 0 amide bonds. The predicted octanol–water partition coefficient (Wildman–Crippen LogP) is 10.8. The SMILES string of the molecule is c1cc(-c2cc3cccc4ccc5cccc2c5c43)cc(-c2cc3cccc4ccc5cccc2c5c43)c1. The highest BCUT2D eigenvalue weighted by atomic mass is 14.2. The lowest BCUT2D eigenvalue weighted by Gasteiger charge is -2.17. The van der Waals surface area contributed by atoms with Crippen LogP contribution in [0.5, 0.6) is 0 Å². The second kappa shape index (κ2) is 7.31. The van der Waals surface area contributed by atoms with E-state index in [0.29, 0.717) is 0 Å². The van der Waals surface area contributed by atoms with E-state index in [-0.39, 0.29) is 0 Å². The summed E-state index contributed by atoms with van der Waals surface area (Å²) >= 11 is 0. The molecule has 0 radical (unpaired) electrons. The maximum atomic E-state index is 2.39. The highest BCUT2D eigenvalue weighted by molar-refractivity contribution is 6.27. The molecule has 0 bridgehead atoms. The standard InChI is InChI=1S/C38H22/c1-6-23-16-18-25-8-4-14-31-33(21-29(12-1)35(23)37(25)31)27-10-3-11-28(20-27)34-22-30-13-2-7-24-17-19-26-9-5-15-32(34)38(26)36(24)30/h1-22H. The normalized spacial score (nSPS) is 12.2. The number of hydrogen-bond acceptors (Lipinski definition) is 0. The quantitative estimate of drug-likeness (QED) is 0.217. The van der Waals surface area contributed by atoms with Crippen molar-refractivity contribution in [2.24, 2.45) is 0 Å². The van der Waals surface area contributed by atoms with Gasteiger partial charge in [-0.15, -0.1) is 0 Å². The summed E-state index contributed by atoms with van der Waals surface area (Å²) in [5.74, 6) is 0. The van der Waals surface area contributed by atoms with Crippen LogP contribution in [0.4, 0.5) is 0 Å². The third kappa shape index (κ3) is 2.64. The summed E-state index contributed by atoms with van der Waals surface area (Å²) in [6.07, 6.45) is 0. The Morgan fingerprint density at radius 2 is 0.632 bits per heavy atom. The fraction of sp³-hybridized carbons (Fsp3) is 0. The molecular weight excluding hydrogens is 456 g/mol. The number of hydrogen-bond donors (Lipinski definition) is 0. The summed E-state index contributed by atoms with van der Waals surface area (Å²) < 4.78 is 0. The third-order valence-corrected chi connectivity index (χ3v) is 8.50. The number of rotatable bonds is 2. The van der Waals surface area contributed by atoms with E-state index in [1.807, 2.05) is 0 Å². The lowest BCUT2D eigenvalue weighted by molar-refractivity contribution is 1.64. The Morgan fingerprint density at radius 3 is 1.11 bits per heavy atom. The lowest BCUT2D eigenvalue weighted by Crippen LogP contribution is -1.90. The first-order valence-electron chi connectivity index (χ1n) is 13.3. The van der Waals surface area contributed by atoms with Crippen molar-refractivity contribution in [1.82, 2.24) is 0 Å². The van der Waals surface area contributed by atoms with Crippen molar-refractivity contribution in [3.05, 3.63) is 133 Å². The van der Waals surface area contributed by atoms with Crippen molar-refractivity contribution in [2.45, 2.75) is 0 Å². The van der Waals surface area contributed by atoms with Crippen LogP contribution in [0.25, 0.3) is 86.9 Å². The van der Waals surface area contributed by atoms with E-state index in [9.17, 15) is 0 Å². The predicted molar refractivity (Wildman–Crippen MR) is 165 cm³/mol. The van der Waals surface area contributed by atoms with Crippen LogP contribution in [-0.4, -0.2) is 0 Å². The van der Waals surface area contributed by atoms with Crippen LogP contribution < -0.4 is 0 Å². The van der Waals surface area contributed by atoms with Crippen LogP contribution in [0.1, 0.15) is 0 Å². The Hall–Kier alpha value is -4.94. The molecule has 0 nitrogen and oxygen atoms in total. The highest BCUT2D eigenvalue weighted by Gasteiger charge is 2.16. The largest absolute Gasteiger partial charge is 0.0610 e. The second-order valence-corrected chi connectivity index (χ2v) is 10.5. The minimum atomic E-state index is 1.26. The Bertz CT molecular complexity index is 2170. The summed E-state index contributed by atoms with van der Waals surface area (Å²) in [7, 11) is 0. The Balaban J connectivity index is 1.35. The summed E-state index contributed by atoms with van der Waals surface area (Å²) in [6, 6.07) is 49.7. The minimum Gasteiger partial charge on any atom is -0.0610 e. The molecule has 0 unspecified atom stereocenters. The number of benzene rings is 9. The van der Waals surface area contributed by atoms with E-state index in [1.165, 1.54) is 86.9 Å². The smallest absolute Gasteiger partial charge is 0.00206 e. The van der Waals surface area contributed by atoms with Gasteiger partial charge in [0.2, 0.25) is 0 Å². The van der Waals surface area contributed by atoms with Crippen LogP contribution in [0.3, 0.4) is 0 Å². The van der Waals surface area contributed by atoms with Gasteiger partial charge in [-0.3, -0.25) is 0 Å². The maximum absolute atomic E-state index is 2.39. The van der Waals surface area contributed by atoms with Crippen molar-refractivity contribution >= 4 is 64.6 Å². The topological polar surface area (TPSA) is 0 Å². The average Bonchev–Trinajstić information content (AvgIpc) is 2.98. The zero-order valence-corrected chi connectivity index (χ0v) is 20.7. The first kappa shape index (κ1) is 20.2. The van der Waals surface area contributed by atoms with Gasteiger partial charge in [0.25, 0.3) is 0 Å². The third-order valence-electron chi connectivity index (χ3n) is 8.50. The Morgan fingerprint density at radius 1 is 0.263 bits per heavy atom. The van der Waals surface area contributed by atoms with Crippen molar-refractivity contribution in [3.8, 4) is 22.3 Å². The molecule has 0 aliphatic heterocycles. The molecule has 0 heterocycles. The molecule has 38 heavy (non-hydrogen) atoms. The molecule has 0 atom stereocenters. The van der Waals surface area contributed by atoms with Crippen molar-refractivity contribution in [1.29, 1.82) is 0 Å². The van der Waals surface area contributed by atoms with Crippen molar-refractivity contribution in [3.63, 3.8) is 0 Å². The maximum Gasteiger partial charge on any atom is -0.00206 e. The molecule has 0 fully saturated rings. The minimum absolute atomic E-state index is 1.26. The van der Waals surface area contributed by atoms with Gasteiger partial charge in [0.05, 0.1) is 0 Å². The second-order valence-electron chi connectivity index (χ2n) is 10.5. The fourth-order valence-corrected chi connectivity index (χ4v) is 6.86. The zero-order valence-electron chi connectivity index (χ0n) is 20.7. The molecule has 9 rings (SSSR count). The van der Waals surface area contributed by atoms with Gasteiger partial charge in [-0.2, -0.15) is 0 Å². The Kier molecular flexibility index (Phi) is 3.88. The van der Waals surface area contributed by atoms with Gasteiger partial charge in [0, 0.05) is 0 Å². The molecular formula is C38H22. The Labute approximate surface area is 220 Å². The summed E-state index contributed by atoms with van der Waals surface area (Å²) in [5.41, 5.74) is 5.10. The van der Waals surface area contributed by atoms with Crippen LogP contribution in [0.15, 0.2) is 133 Å². The molecule has 0 spiro atoms. The molecule has 0 N–H and O–H groups in total. The van der Waals surface area contributed by atoms with Crippen LogP contribution in [0, 0.1) is 0 Å². The van der Waals surface area contributed by atoms with E-state index in [1.54, 1.807) is 0 Å². The monoisotopic (exact) mass is 478 g/mol. The van der Waals surface area contributed by atoms with Gasteiger partial charge >= 0.3 is 0 Å². The van der Waals surface area contributed by atoms with Crippen molar-refractivity contribution in [2.75, 3.05) is 0 Å².